The van der Waals surface area contributed by atoms with Crippen LogP contribution in [0.2, 0.25) is 0 Å². The van der Waals surface area contributed by atoms with E-state index in [1.807, 2.05) is 50.2 Å². The lowest BCUT2D eigenvalue weighted by atomic mass is 10.1. The number of sulfonamides is 1. The van der Waals surface area contributed by atoms with E-state index in [9.17, 15) is 13.2 Å². The number of nitrogens with one attached hydrogen (secondary N) is 2. The van der Waals surface area contributed by atoms with Crippen LogP contribution in [-0.2, 0) is 10.0 Å². The number of hydrogen-bond donors (Lipinski definition) is 2. The number of carbonyl (C=O) groups excluding carboxylic acids is 1. The number of anilines is 1. The standard InChI is InChI=1S/C23H24N2O3S/c1-16-8-7-11-21(14-16)25-29(27,28)22-15-20(13-12-17(22)2)23(26)24-18(3)19-9-5-4-6-10-19/h4-15,18,25H,1-3H3,(H,24,26)/t18-/m1/s1. The molecule has 0 aliphatic rings. The predicted molar refractivity (Wildman–Crippen MR) is 115 cm³/mol. The second-order valence-corrected chi connectivity index (χ2v) is 8.71. The molecule has 0 spiro atoms. The molecule has 0 unspecified atom stereocenters. The van der Waals surface area contributed by atoms with Gasteiger partial charge in [-0.15, -0.1) is 0 Å². The molecule has 0 radical (unpaired) electrons. The van der Waals surface area contributed by atoms with Gasteiger partial charge in [-0.05, 0) is 61.7 Å². The summed E-state index contributed by atoms with van der Waals surface area (Å²) >= 11 is 0. The Balaban J connectivity index is 1.84. The van der Waals surface area contributed by atoms with Crippen LogP contribution in [-0.4, -0.2) is 14.3 Å². The molecule has 0 aromatic heterocycles. The quantitative estimate of drug-likeness (QED) is 0.626. The molecule has 0 saturated carbocycles. The molecule has 0 heterocycles. The van der Waals surface area contributed by atoms with E-state index >= 15 is 0 Å². The molecule has 2 N–H and O–H groups in total. The Labute approximate surface area is 171 Å². The zero-order chi connectivity index (χ0) is 21.0. The molecule has 0 saturated heterocycles. The third kappa shape index (κ3) is 5.03. The van der Waals surface area contributed by atoms with Crippen LogP contribution in [0.3, 0.4) is 0 Å². The summed E-state index contributed by atoms with van der Waals surface area (Å²) in [5.41, 5.74) is 3.27. The maximum Gasteiger partial charge on any atom is 0.262 e. The number of hydrogen-bond acceptors (Lipinski definition) is 3. The fourth-order valence-corrected chi connectivity index (χ4v) is 4.38. The average molecular weight is 409 g/mol. The summed E-state index contributed by atoms with van der Waals surface area (Å²) in [6, 6.07) is 21.2. The number of carbonyl (C=O) groups is 1. The van der Waals surface area contributed by atoms with E-state index in [0.717, 1.165) is 11.1 Å². The van der Waals surface area contributed by atoms with Gasteiger partial charge in [-0.1, -0.05) is 48.5 Å². The Morgan fingerprint density at radius 2 is 1.62 bits per heavy atom. The molecule has 0 aliphatic carbocycles. The van der Waals surface area contributed by atoms with Crippen molar-refractivity contribution in [1.82, 2.24) is 5.32 Å². The normalized spacial score (nSPS) is 12.2. The van der Waals surface area contributed by atoms with Crippen molar-refractivity contribution in [2.45, 2.75) is 31.7 Å². The lowest BCUT2D eigenvalue weighted by molar-refractivity contribution is 0.0939. The zero-order valence-electron chi connectivity index (χ0n) is 16.6. The van der Waals surface area contributed by atoms with Crippen molar-refractivity contribution in [2.75, 3.05) is 4.72 Å². The fourth-order valence-electron chi connectivity index (χ4n) is 3.05. The van der Waals surface area contributed by atoms with Gasteiger partial charge in [-0.25, -0.2) is 8.42 Å². The van der Waals surface area contributed by atoms with Gasteiger partial charge in [0.15, 0.2) is 0 Å². The van der Waals surface area contributed by atoms with Gasteiger partial charge in [-0.2, -0.15) is 0 Å². The van der Waals surface area contributed by atoms with Crippen molar-refractivity contribution in [3.8, 4) is 0 Å². The predicted octanol–water partition coefficient (Wildman–Crippen LogP) is 4.60. The van der Waals surface area contributed by atoms with Crippen LogP contribution in [0.25, 0.3) is 0 Å². The van der Waals surface area contributed by atoms with Gasteiger partial charge in [0, 0.05) is 11.3 Å². The highest BCUT2D eigenvalue weighted by Crippen LogP contribution is 2.22. The van der Waals surface area contributed by atoms with E-state index in [0.29, 0.717) is 16.8 Å². The summed E-state index contributed by atoms with van der Waals surface area (Å²) in [7, 11) is -3.83. The maximum absolute atomic E-state index is 12.9. The number of aryl methyl sites for hydroxylation is 2. The summed E-state index contributed by atoms with van der Waals surface area (Å²) < 4.78 is 28.4. The van der Waals surface area contributed by atoms with Crippen LogP contribution in [0.15, 0.2) is 77.7 Å². The molecule has 0 bridgehead atoms. The molecule has 3 aromatic rings. The fraction of sp³-hybridized carbons (Fsp3) is 0.174. The van der Waals surface area contributed by atoms with E-state index in [1.165, 1.54) is 6.07 Å². The summed E-state index contributed by atoms with van der Waals surface area (Å²) in [5, 5.41) is 2.91. The first kappa shape index (κ1) is 20.6. The average Bonchev–Trinajstić information content (AvgIpc) is 2.68. The summed E-state index contributed by atoms with van der Waals surface area (Å²) in [4.78, 5) is 12.8. The molecule has 3 rings (SSSR count). The molecule has 5 nitrogen and oxygen atoms in total. The van der Waals surface area contributed by atoms with E-state index in [4.69, 9.17) is 0 Å². The largest absolute Gasteiger partial charge is 0.346 e. The molecule has 29 heavy (non-hydrogen) atoms. The molecule has 6 heteroatoms. The smallest absolute Gasteiger partial charge is 0.262 e. The Hall–Kier alpha value is -3.12. The van der Waals surface area contributed by atoms with Gasteiger partial charge in [0.1, 0.15) is 0 Å². The molecule has 0 fully saturated rings. The SMILES string of the molecule is Cc1cccc(NS(=O)(=O)c2cc(C(=O)N[C@H](C)c3ccccc3)ccc2C)c1. The Morgan fingerprint density at radius 1 is 0.897 bits per heavy atom. The van der Waals surface area contributed by atoms with Gasteiger partial charge in [0.2, 0.25) is 0 Å². The highest BCUT2D eigenvalue weighted by Gasteiger charge is 2.20. The van der Waals surface area contributed by atoms with Crippen molar-refractivity contribution in [3.63, 3.8) is 0 Å². The Bertz CT molecular complexity index is 1130. The highest BCUT2D eigenvalue weighted by atomic mass is 32.2. The van der Waals surface area contributed by atoms with E-state index in [-0.39, 0.29) is 16.8 Å². The summed E-state index contributed by atoms with van der Waals surface area (Å²) in [5.74, 6) is -0.326. The van der Waals surface area contributed by atoms with Crippen LogP contribution < -0.4 is 10.0 Å². The third-order valence-corrected chi connectivity index (χ3v) is 6.18. The molecule has 1 amide bonds. The maximum atomic E-state index is 12.9. The van der Waals surface area contributed by atoms with Gasteiger partial charge in [0.05, 0.1) is 10.9 Å². The van der Waals surface area contributed by atoms with Crippen molar-refractivity contribution >= 4 is 21.6 Å². The second kappa shape index (κ2) is 8.49. The third-order valence-electron chi connectivity index (χ3n) is 4.66. The van der Waals surface area contributed by atoms with Crippen LogP contribution in [0, 0.1) is 13.8 Å². The Morgan fingerprint density at radius 3 is 2.31 bits per heavy atom. The molecule has 3 aromatic carbocycles. The van der Waals surface area contributed by atoms with Crippen molar-refractivity contribution < 1.29 is 13.2 Å². The van der Waals surface area contributed by atoms with Crippen LogP contribution in [0.1, 0.15) is 40.0 Å². The summed E-state index contributed by atoms with van der Waals surface area (Å²) in [6.07, 6.45) is 0. The lowest BCUT2D eigenvalue weighted by Gasteiger charge is -2.16. The first-order valence-electron chi connectivity index (χ1n) is 9.32. The van der Waals surface area contributed by atoms with Gasteiger partial charge < -0.3 is 5.32 Å². The zero-order valence-corrected chi connectivity index (χ0v) is 17.5. The number of amides is 1. The molecular weight excluding hydrogens is 384 g/mol. The van der Waals surface area contributed by atoms with Crippen LogP contribution in [0.4, 0.5) is 5.69 Å². The minimum atomic E-state index is -3.83. The second-order valence-electron chi connectivity index (χ2n) is 7.06. The first-order chi connectivity index (χ1) is 13.8. The van der Waals surface area contributed by atoms with Gasteiger partial charge in [0.25, 0.3) is 15.9 Å². The molecule has 150 valence electrons. The highest BCUT2D eigenvalue weighted by molar-refractivity contribution is 7.92. The number of rotatable bonds is 6. The van der Waals surface area contributed by atoms with Gasteiger partial charge in [-0.3, -0.25) is 9.52 Å². The first-order valence-corrected chi connectivity index (χ1v) is 10.8. The monoisotopic (exact) mass is 408 g/mol. The van der Waals surface area contributed by atoms with Crippen LogP contribution in [0.5, 0.6) is 0 Å². The van der Waals surface area contributed by atoms with Crippen LogP contribution >= 0.6 is 0 Å². The van der Waals surface area contributed by atoms with Gasteiger partial charge >= 0.3 is 0 Å². The van der Waals surface area contributed by atoms with Crippen molar-refractivity contribution in [3.05, 3.63) is 95.1 Å². The van der Waals surface area contributed by atoms with Crippen molar-refractivity contribution in [2.24, 2.45) is 0 Å². The van der Waals surface area contributed by atoms with E-state index < -0.39 is 10.0 Å². The molecule has 0 aliphatic heterocycles. The minimum absolute atomic E-state index is 0.0824. The van der Waals surface area contributed by atoms with E-state index in [2.05, 4.69) is 10.0 Å². The molecule has 1 atom stereocenters. The Kier molecular flexibility index (Phi) is 6.03. The minimum Gasteiger partial charge on any atom is -0.346 e. The lowest BCUT2D eigenvalue weighted by Crippen LogP contribution is -2.27. The molecular formula is C23H24N2O3S. The topological polar surface area (TPSA) is 75.3 Å². The number of benzene rings is 3. The van der Waals surface area contributed by atoms with E-state index in [1.54, 1.807) is 37.3 Å². The summed E-state index contributed by atoms with van der Waals surface area (Å²) in [6.45, 7) is 5.49. The van der Waals surface area contributed by atoms with Crippen molar-refractivity contribution in [1.29, 1.82) is 0 Å².